The highest BCUT2D eigenvalue weighted by Crippen LogP contribution is 2.35. The largest absolute Gasteiger partial charge is 0.392 e. The maximum atomic E-state index is 9.77. The van der Waals surface area contributed by atoms with Crippen molar-refractivity contribution in [1.29, 1.82) is 0 Å². The second-order valence-electron chi connectivity index (χ2n) is 3.96. The summed E-state index contributed by atoms with van der Waals surface area (Å²) in [5.74, 6) is 0.390. The van der Waals surface area contributed by atoms with Gasteiger partial charge in [0.05, 0.1) is 6.10 Å². The van der Waals surface area contributed by atoms with Crippen molar-refractivity contribution in [3.63, 3.8) is 0 Å². The van der Waals surface area contributed by atoms with Crippen LogP contribution in [0, 0.1) is 6.92 Å². The molecule has 0 radical (unpaired) electrons. The summed E-state index contributed by atoms with van der Waals surface area (Å²) >= 11 is 0. The molecule has 2 rings (SSSR count). The van der Waals surface area contributed by atoms with Gasteiger partial charge in [-0.05, 0) is 30.9 Å². The smallest absolute Gasteiger partial charge is 0.0608 e. The molecule has 1 heteroatoms. The van der Waals surface area contributed by atoms with Crippen LogP contribution in [0.25, 0.3) is 0 Å². The quantitative estimate of drug-likeness (QED) is 0.697. The first kappa shape index (κ1) is 8.76. The molecule has 0 bridgehead atoms. The van der Waals surface area contributed by atoms with Gasteiger partial charge in [0.2, 0.25) is 0 Å². The lowest BCUT2D eigenvalue weighted by atomic mass is 9.92. The Labute approximate surface area is 79.4 Å². The summed E-state index contributed by atoms with van der Waals surface area (Å²) in [6.07, 6.45) is 3.17. The van der Waals surface area contributed by atoms with E-state index in [0.717, 1.165) is 12.8 Å². The third-order valence-electron chi connectivity index (χ3n) is 3.07. The van der Waals surface area contributed by atoms with Crippen LogP contribution in [0.15, 0.2) is 24.3 Å². The van der Waals surface area contributed by atoms with E-state index < -0.39 is 0 Å². The lowest BCUT2D eigenvalue weighted by Crippen LogP contribution is -2.11. The van der Waals surface area contributed by atoms with E-state index in [2.05, 4.69) is 31.2 Å². The van der Waals surface area contributed by atoms with Gasteiger partial charge >= 0.3 is 0 Å². The summed E-state index contributed by atoms with van der Waals surface area (Å²) in [5, 5.41) is 9.77. The van der Waals surface area contributed by atoms with E-state index >= 15 is 0 Å². The second kappa shape index (κ2) is 3.51. The summed E-state index contributed by atoms with van der Waals surface area (Å²) in [4.78, 5) is 0. The Kier molecular flexibility index (Phi) is 2.36. The van der Waals surface area contributed by atoms with Crippen LogP contribution in [0.5, 0.6) is 0 Å². The molecule has 1 N–H and O–H groups in total. The molecule has 1 aliphatic rings. The van der Waals surface area contributed by atoms with Gasteiger partial charge in [-0.1, -0.05) is 30.7 Å². The number of benzene rings is 1. The SMILES string of the molecule is Cc1ccccc1[C@@H]1CCC[C@H]1O. The van der Waals surface area contributed by atoms with Crippen LogP contribution < -0.4 is 0 Å². The lowest BCUT2D eigenvalue weighted by molar-refractivity contribution is 0.163. The molecule has 1 fully saturated rings. The van der Waals surface area contributed by atoms with E-state index in [-0.39, 0.29) is 6.10 Å². The first-order valence-electron chi connectivity index (χ1n) is 5.02. The fourth-order valence-corrected chi connectivity index (χ4v) is 2.31. The van der Waals surface area contributed by atoms with E-state index in [0.29, 0.717) is 5.92 Å². The molecule has 0 aromatic heterocycles. The van der Waals surface area contributed by atoms with Crippen LogP contribution in [-0.2, 0) is 0 Å². The summed E-state index contributed by atoms with van der Waals surface area (Å²) in [6, 6.07) is 8.39. The molecule has 0 heterocycles. The highest BCUT2D eigenvalue weighted by molar-refractivity contribution is 5.30. The van der Waals surface area contributed by atoms with Crippen LogP contribution >= 0.6 is 0 Å². The van der Waals surface area contributed by atoms with Gasteiger partial charge in [-0.15, -0.1) is 0 Å². The monoisotopic (exact) mass is 176 g/mol. The summed E-state index contributed by atoms with van der Waals surface area (Å²) in [6.45, 7) is 2.13. The topological polar surface area (TPSA) is 20.2 Å². The van der Waals surface area contributed by atoms with Crippen LogP contribution in [0.2, 0.25) is 0 Å². The van der Waals surface area contributed by atoms with E-state index in [1.54, 1.807) is 0 Å². The van der Waals surface area contributed by atoms with E-state index in [4.69, 9.17) is 0 Å². The molecular formula is C12H16O. The number of aryl methyl sites for hydroxylation is 1. The van der Waals surface area contributed by atoms with Crippen molar-refractivity contribution in [3.8, 4) is 0 Å². The number of hydrogen-bond acceptors (Lipinski definition) is 1. The minimum atomic E-state index is -0.110. The van der Waals surface area contributed by atoms with Crippen molar-refractivity contribution < 1.29 is 5.11 Å². The fraction of sp³-hybridized carbons (Fsp3) is 0.500. The molecule has 1 aliphatic carbocycles. The maximum Gasteiger partial charge on any atom is 0.0608 e. The first-order chi connectivity index (χ1) is 6.29. The Morgan fingerprint density at radius 1 is 1.23 bits per heavy atom. The highest BCUT2D eigenvalue weighted by atomic mass is 16.3. The predicted molar refractivity (Wildman–Crippen MR) is 53.8 cm³/mol. The molecule has 0 amide bonds. The Balaban J connectivity index is 2.29. The molecule has 0 spiro atoms. The van der Waals surface area contributed by atoms with Gasteiger partial charge < -0.3 is 5.11 Å². The molecule has 0 saturated heterocycles. The number of aliphatic hydroxyl groups excluding tert-OH is 1. The Morgan fingerprint density at radius 3 is 2.62 bits per heavy atom. The van der Waals surface area contributed by atoms with Gasteiger partial charge in [0.15, 0.2) is 0 Å². The number of hydrogen-bond donors (Lipinski definition) is 1. The van der Waals surface area contributed by atoms with Crippen molar-refractivity contribution >= 4 is 0 Å². The van der Waals surface area contributed by atoms with Crippen molar-refractivity contribution in [2.24, 2.45) is 0 Å². The molecule has 13 heavy (non-hydrogen) atoms. The number of rotatable bonds is 1. The molecule has 1 aromatic rings. The third-order valence-corrected chi connectivity index (χ3v) is 3.07. The van der Waals surface area contributed by atoms with Gasteiger partial charge in [0.25, 0.3) is 0 Å². The zero-order valence-electron chi connectivity index (χ0n) is 8.03. The molecule has 0 unspecified atom stereocenters. The second-order valence-corrected chi connectivity index (χ2v) is 3.96. The maximum absolute atomic E-state index is 9.77. The average molecular weight is 176 g/mol. The lowest BCUT2D eigenvalue weighted by Gasteiger charge is -2.16. The number of aliphatic hydroxyl groups is 1. The Hall–Kier alpha value is -0.820. The molecule has 0 aliphatic heterocycles. The van der Waals surface area contributed by atoms with Gasteiger partial charge in [-0.2, -0.15) is 0 Å². The van der Waals surface area contributed by atoms with Crippen LogP contribution in [-0.4, -0.2) is 11.2 Å². The average Bonchev–Trinajstić information content (AvgIpc) is 2.52. The van der Waals surface area contributed by atoms with Gasteiger partial charge in [0.1, 0.15) is 0 Å². The zero-order chi connectivity index (χ0) is 9.26. The van der Waals surface area contributed by atoms with Crippen molar-refractivity contribution in [2.45, 2.75) is 38.2 Å². The minimum absolute atomic E-state index is 0.110. The third kappa shape index (κ3) is 1.61. The summed E-state index contributed by atoms with van der Waals surface area (Å²) in [7, 11) is 0. The van der Waals surface area contributed by atoms with Crippen LogP contribution in [0.4, 0.5) is 0 Å². The molecule has 1 saturated carbocycles. The molecule has 70 valence electrons. The van der Waals surface area contributed by atoms with Crippen LogP contribution in [0.1, 0.15) is 36.3 Å². The zero-order valence-corrected chi connectivity index (χ0v) is 8.03. The van der Waals surface area contributed by atoms with E-state index in [9.17, 15) is 5.11 Å². The van der Waals surface area contributed by atoms with Crippen molar-refractivity contribution in [3.05, 3.63) is 35.4 Å². The Morgan fingerprint density at radius 2 is 2.00 bits per heavy atom. The van der Waals surface area contributed by atoms with Crippen LogP contribution in [0.3, 0.4) is 0 Å². The first-order valence-corrected chi connectivity index (χ1v) is 5.02. The summed E-state index contributed by atoms with van der Waals surface area (Å²) in [5.41, 5.74) is 2.65. The molecule has 1 aromatic carbocycles. The molecule has 1 nitrogen and oxygen atoms in total. The summed E-state index contributed by atoms with van der Waals surface area (Å²) < 4.78 is 0. The minimum Gasteiger partial charge on any atom is -0.392 e. The van der Waals surface area contributed by atoms with Crippen molar-refractivity contribution in [2.75, 3.05) is 0 Å². The Bertz CT molecular complexity index is 293. The van der Waals surface area contributed by atoms with Gasteiger partial charge in [0, 0.05) is 5.92 Å². The predicted octanol–water partition coefficient (Wildman–Crippen LogP) is 2.62. The fourth-order valence-electron chi connectivity index (χ4n) is 2.31. The highest BCUT2D eigenvalue weighted by Gasteiger charge is 2.27. The molecular weight excluding hydrogens is 160 g/mol. The van der Waals surface area contributed by atoms with Gasteiger partial charge in [-0.25, -0.2) is 0 Å². The normalized spacial score (nSPS) is 27.8. The van der Waals surface area contributed by atoms with E-state index in [1.807, 2.05) is 0 Å². The molecule has 2 atom stereocenters. The van der Waals surface area contributed by atoms with Crippen molar-refractivity contribution in [1.82, 2.24) is 0 Å². The van der Waals surface area contributed by atoms with Gasteiger partial charge in [-0.3, -0.25) is 0 Å². The standard InChI is InChI=1S/C12H16O/c1-9-5-2-3-6-10(9)11-7-4-8-12(11)13/h2-3,5-6,11-13H,4,7-8H2,1H3/t11-,12+/m0/s1. The van der Waals surface area contributed by atoms with E-state index in [1.165, 1.54) is 17.5 Å².